The minimum absolute atomic E-state index is 0.180. The van der Waals surface area contributed by atoms with Gasteiger partial charge < -0.3 is 5.11 Å². The monoisotopic (exact) mass is 471 g/mol. The Morgan fingerprint density at radius 2 is 1.58 bits per heavy atom. The van der Waals surface area contributed by atoms with Gasteiger partial charge in [0.1, 0.15) is 19.7 Å². The van der Waals surface area contributed by atoms with E-state index in [-0.39, 0.29) is 5.57 Å². The Kier molecular flexibility index (Phi) is 8.32. The first-order valence-electron chi connectivity index (χ1n) is 11.6. The van der Waals surface area contributed by atoms with Crippen molar-refractivity contribution in [3.63, 3.8) is 0 Å². The molecule has 0 aromatic carbocycles. The third-order valence-electron chi connectivity index (χ3n) is 6.40. The Balaban J connectivity index is 2.04. The third kappa shape index (κ3) is 5.05. The van der Waals surface area contributed by atoms with Crippen LogP contribution in [0.1, 0.15) is 75.0 Å². The second-order valence-corrected chi connectivity index (χ2v) is 15.3. The van der Waals surface area contributed by atoms with Crippen molar-refractivity contribution in [2.24, 2.45) is 0 Å². The lowest BCUT2D eigenvalue weighted by atomic mass is 10.2. The number of hydrogen-bond donors (Lipinski definition) is 1. The van der Waals surface area contributed by atoms with Crippen LogP contribution in [0.15, 0.2) is 17.7 Å². The van der Waals surface area contributed by atoms with Crippen LogP contribution in [0.3, 0.4) is 0 Å². The number of hydrogen-bond acceptors (Lipinski definition) is 4. The molecule has 3 rings (SSSR count). The molecule has 6 heteroatoms. The highest BCUT2D eigenvalue weighted by Crippen LogP contribution is 2.43. The number of rotatable bonds is 12. The van der Waals surface area contributed by atoms with E-state index in [0.29, 0.717) is 0 Å². The van der Waals surface area contributed by atoms with Crippen LogP contribution in [-0.4, -0.2) is 19.1 Å². The maximum Gasteiger partial charge on any atom is 0.346 e. The van der Waals surface area contributed by atoms with Gasteiger partial charge in [-0.1, -0.05) is 65.2 Å². The van der Waals surface area contributed by atoms with Crippen LogP contribution in [0.2, 0.25) is 12.1 Å². The van der Waals surface area contributed by atoms with Gasteiger partial charge in [0, 0.05) is 19.5 Å². The van der Waals surface area contributed by atoms with E-state index in [9.17, 15) is 15.2 Å². The first kappa shape index (κ1) is 24.0. The van der Waals surface area contributed by atoms with Gasteiger partial charge in [0.2, 0.25) is 0 Å². The molecule has 0 amide bonds. The van der Waals surface area contributed by atoms with Crippen molar-refractivity contribution in [1.82, 2.24) is 0 Å². The summed E-state index contributed by atoms with van der Waals surface area (Å²) < 4.78 is 0. The van der Waals surface area contributed by atoms with Crippen molar-refractivity contribution < 1.29 is 9.90 Å². The van der Waals surface area contributed by atoms with Crippen LogP contribution in [-0.2, 0) is 4.79 Å². The maximum atomic E-state index is 11.4. The molecular formula is C25H33NO2S2Si. The van der Waals surface area contributed by atoms with Gasteiger partial charge in [-0.2, -0.15) is 5.26 Å². The number of nitriles is 1. The van der Waals surface area contributed by atoms with E-state index >= 15 is 0 Å². The number of fused-ring (bicyclic) bond motifs is 3. The molecule has 3 nitrogen and oxygen atoms in total. The number of nitrogens with zero attached hydrogens (tertiary/aromatic N) is 1. The summed E-state index contributed by atoms with van der Waals surface area (Å²) in [5, 5.41) is 21.7. The molecule has 2 aromatic heterocycles. The summed E-state index contributed by atoms with van der Waals surface area (Å²) in [5.41, 5.74) is -0.180. The summed E-state index contributed by atoms with van der Waals surface area (Å²) in [6.45, 7) is 6.74. The molecule has 0 saturated carbocycles. The molecule has 0 radical (unpaired) electrons. The van der Waals surface area contributed by atoms with Crippen molar-refractivity contribution in [2.45, 2.75) is 84.2 Å². The van der Waals surface area contributed by atoms with Gasteiger partial charge in [-0.05, 0) is 47.6 Å². The average Bonchev–Trinajstić information content (AvgIpc) is 3.39. The second-order valence-electron chi connectivity index (χ2n) is 8.67. The van der Waals surface area contributed by atoms with Crippen molar-refractivity contribution >= 4 is 53.2 Å². The summed E-state index contributed by atoms with van der Waals surface area (Å²) in [4.78, 5) is 16.5. The van der Waals surface area contributed by atoms with Crippen LogP contribution >= 0.6 is 22.7 Å². The van der Waals surface area contributed by atoms with E-state index in [2.05, 4.69) is 32.9 Å². The predicted molar refractivity (Wildman–Crippen MR) is 137 cm³/mol. The van der Waals surface area contributed by atoms with Crippen molar-refractivity contribution in [3.05, 3.63) is 27.5 Å². The SMILES string of the molecule is CCCCCC[Si]1(CCCCCC)c2cc(C)sc2-c2sc(/C=C(\C#N)C(=O)O)cc21. The summed E-state index contributed by atoms with van der Waals surface area (Å²) in [6.07, 6.45) is 11.8. The zero-order chi connectivity index (χ0) is 22.4. The maximum absolute atomic E-state index is 11.4. The van der Waals surface area contributed by atoms with Gasteiger partial charge in [-0.25, -0.2) is 4.79 Å². The molecule has 1 N–H and O–H groups in total. The predicted octanol–water partition coefficient (Wildman–Crippen LogP) is 6.81. The lowest BCUT2D eigenvalue weighted by Crippen LogP contribution is -2.54. The summed E-state index contributed by atoms with van der Waals surface area (Å²) in [7, 11) is -1.86. The average molecular weight is 472 g/mol. The lowest BCUT2D eigenvalue weighted by Gasteiger charge is -2.29. The van der Waals surface area contributed by atoms with E-state index in [1.54, 1.807) is 22.6 Å². The van der Waals surface area contributed by atoms with Crippen molar-refractivity contribution in [2.75, 3.05) is 0 Å². The van der Waals surface area contributed by atoms with Gasteiger partial charge in [-0.15, -0.1) is 22.7 Å². The van der Waals surface area contributed by atoms with Crippen molar-refractivity contribution in [1.29, 1.82) is 5.26 Å². The smallest absolute Gasteiger partial charge is 0.346 e. The van der Waals surface area contributed by atoms with Crippen LogP contribution in [0.4, 0.5) is 0 Å². The number of carboxylic acid groups (broad SMARTS) is 1. The van der Waals surface area contributed by atoms with Gasteiger partial charge >= 0.3 is 5.97 Å². The fourth-order valence-electron chi connectivity index (χ4n) is 4.84. The molecule has 2 aromatic rings. The minimum Gasteiger partial charge on any atom is -0.477 e. The molecule has 166 valence electrons. The zero-order valence-electron chi connectivity index (χ0n) is 18.9. The Morgan fingerprint density at radius 1 is 1.00 bits per heavy atom. The van der Waals surface area contributed by atoms with Crippen LogP contribution in [0.5, 0.6) is 0 Å². The quantitative estimate of drug-likeness (QED) is 0.160. The Bertz CT molecular complexity index is 984. The van der Waals surface area contributed by atoms with E-state index in [0.717, 1.165) is 4.88 Å². The van der Waals surface area contributed by atoms with Crippen molar-refractivity contribution in [3.8, 4) is 15.8 Å². The Labute approximate surface area is 195 Å². The molecule has 3 heterocycles. The van der Waals surface area contributed by atoms with E-state index < -0.39 is 14.0 Å². The summed E-state index contributed by atoms with van der Waals surface area (Å²) >= 11 is 3.58. The fourth-order valence-corrected chi connectivity index (χ4v) is 14.2. The van der Waals surface area contributed by atoms with E-state index in [1.807, 2.05) is 17.4 Å². The number of aryl methyl sites for hydroxylation is 1. The van der Waals surface area contributed by atoms with Gasteiger partial charge in [0.15, 0.2) is 0 Å². The lowest BCUT2D eigenvalue weighted by molar-refractivity contribution is -0.132. The van der Waals surface area contributed by atoms with Gasteiger partial charge in [0.05, 0.1) is 0 Å². The minimum atomic E-state index is -1.86. The molecule has 0 bridgehead atoms. The Morgan fingerprint density at radius 3 is 2.13 bits per heavy atom. The fraction of sp³-hybridized carbons (Fsp3) is 0.520. The van der Waals surface area contributed by atoms with Gasteiger partial charge in [0.25, 0.3) is 0 Å². The largest absolute Gasteiger partial charge is 0.477 e. The molecule has 1 aliphatic heterocycles. The normalized spacial score (nSPS) is 14.3. The topological polar surface area (TPSA) is 61.1 Å². The Hall–Kier alpha value is -1.68. The first-order valence-corrected chi connectivity index (χ1v) is 15.6. The molecule has 0 unspecified atom stereocenters. The molecule has 0 saturated heterocycles. The number of carboxylic acids is 1. The molecule has 0 spiro atoms. The number of aliphatic carboxylic acids is 1. The highest BCUT2D eigenvalue weighted by molar-refractivity contribution is 7.29. The molecule has 31 heavy (non-hydrogen) atoms. The molecule has 1 aliphatic rings. The molecule has 0 aliphatic carbocycles. The highest BCUT2D eigenvalue weighted by Gasteiger charge is 2.46. The van der Waals surface area contributed by atoms with Crippen LogP contribution < -0.4 is 10.4 Å². The molecule has 0 fully saturated rings. The number of unbranched alkanes of at least 4 members (excludes halogenated alkanes) is 6. The van der Waals surface area contributed by atoms with E-state index in [1.165, 1.54) is 83.3 Å². The second kappa shape index (κ2) is 10.8. The number of carbonyl (C=O) groups is 1. The molecule has 0 atom stereocenters. The molecular weight excluding hydrogens is 439 g/mol. The summed E-state index contributed by atoms with van der Waals surface area (Å²) in [6, 6.07) is 9.13. The van der Waals surface area contributed by atoms with Crippen LogP contribution in [0, 0.1) is 18.3 Å². The first-order chi connectivity index (χ1) is 15.0. The number of thiophene rings is 2. The third-order valence-corrected chi connectivity index (χ3v) is 14.3. The standard InChI is InChI=1S/C25H33NO2S2Si/c1-4-6-8-10-12-31(13-11-9-7-5-2)21-14-18(3)29-23(21)24-22(31)16-20(30-24)15-19(17-26)25(27)28/h14-16H,4-13H2,1-3H3,(H,27,28)/b19-15+. The highest BCUT2D eigenvalue weighted by atomic mass is 32.1. The van der Waals surface area contributed by atoms with Gasteiger partial charge in [-0.3, -0.25) is 0 Å². The summed E-state index contributed by atoms with van der Waals surface area (Å²) in [5.74, 6) is -1.15. The zero-order valence-corrected chi connectivity index (χ0v) is 21.6. The van der Waals surface area contributed by atoms with Crippen LogP contribution in [0.25, 0.3) is 15.8 Å². The van der Waals surface area contributed by atoms with E-state index in [4.69, 9.17) is 0 Å².